The molecule has 0 bridgehead atoms. The maximum atomic E-state index is 10.2. The minimum Gasteiger partial charge on any atom is -1.00 e. The van der Waals surface area contributed by atoms with Crippen LogP contribution >= 0.6 is 0 Å². The monoisotopic (exact) mass is 256 g/mol. The van der Waals surface area contributed by atoms with E-state index in [1.807, 2.05) is 36.4 Å². The second-order valence-electron chi connectivity index (χ2n) is 3.40. The van der Waals surface area contributed by atoms with Crippen LogP contribution in [0.5, 0.6) is 0 Å². The Bertz CT molecular complexity index is 395. The molecule has 0 aliphatic rings. The Hall–Kier alpha value is 0.213. The van der Waals surface area contributed by atoms with Gasteiger partial charge in [0.05, 0.1) is 0 Å². The summed E-state index contributed by atoms with van der Waals surface area (Å²) in [5.74, 6) is 0. The molecule has 0 amide bonds. The van der Waals surface area contributed by atoms with Gasteiger partial charge in [-0.2, -0.15) is 0 Å². The van der Waals surface area contributed by atoms with Gasteiger partial charge in [-0.15, -0.1) is 0 Å². The molecule has 0 unspecified atom stereocenters. The summed E-state index contributed by atoms with van der Waals surface area (Å²) in [5, 5.41) is 1.22. The summed E-state index contributed by atoms with van der Waals surface area (Å²) in [5.41, 5.74) is 0. The van der Waals surface area contributed by atoms with Gasteiger partial charge in [-0.25, -0.2) is 0 Å². The fourth-order valence-corrected chi connectivity index (χ4v) is 3.16. The van der Waals surface area contributed by atoms with Gasteiger partial charge in [-0.3, -0.25) is 0 Å². The number of rotatable bonds is 2. The molecule has 0 fully saturated rings. The van der Waals surface area contributed by atoms with E-state index in [1.54, 1.807) is 24.3 Å². The SMILES string of the molecule is O[Si](O)(c1ccccc1)c1ccccc1.[H-].[K+]. The Labute approximate surface area is 140 Å². The van der Waals surface area contributed by atoms with Crippen LogP contribution in [-0.4, -0.2) is 18.2 Å². The van der Waals surface area contributed by atoms with Gasteiger partial charge in [0.25, 0.3) is 0 Å². The first kappa shape index (κ1) is 14.3. The van der Waals surface area contributed by atoms with Crippen LogP contribution in [0.15, 0.2) is 60.7 Å². The van der Waals surface area contributed by atoms with E-state index in [0.717, 1.165) is 0 Å². The van der Waals surface area contributed by atoms with Crippen LogP contribution in [0.4, 0.5) is 0 Å². The average Bonchev–Trinajstić information content (AvgIpc) is 2.31. The van der Waals surface area contributed by atoms with Gasteiger partial charge < -0.3 is 11.0 Å². The second kappa shape index (κ2) is 6.23. The van der Waals surface area contributed by atoms with Crippen molar-refractivity contribution in [2.24, 2.45) is 0 Å². The minimum absolute atomic E-state index is 0. The molecule has 0 aliphatic heterocycles. The van der Waals surface area contributed by atoms with Crippen molar-refractivity contribution in [1.82, 2.24) is 0 Å². The Morgan fingerprint density at radius 2 is 1.00 bits per heavy atom. The smallest absolute Gasteiger partial charge is 1.00 e. The Morgan fingerprint density at radius 3 is 1.31 bits per heavy atom. The van der Waals surface area contributed by atoms with Crippen molar-refractivity contribution >= 4 is 18.9 Å². The van der Waals surface area contributed by atoms with E-state index in [-0.39, 0.29) is 52.8 Å². The fourth-order valence-electron chi connectivity index (χ4n) is 1.51. The van der Waals surface area contributed by atoms with Gasteiger partial charge in [0.2, 0.25) is 0 Å². The maximum Gasteiger partial charge on any atom is 1.00 e. The standard InChI is InChI=1S/C12H12O2Si.K.H/c13-15(14,11-7-3-1-4-8-11)12-9-5-2-6-10-12;;/h1-10,13-14H;;/q;+1;-1. The summed E-state index contributed by atoms with van der Waals surface area (Å²) in [7, 11) is -3.46. The molecule has 16 heavy (non-hydrogen) atoms. The van der Waals surface area contributed by atoms with Crippen LogP contribution in [0.1, 0.15) is 1.43 Å². The summed E-state index contributed by atoms with van der Waals surface area (Å²) in [4.78, 5) is 20.3. The van der Waals surface area contributed by atoms with Gasteiger partial charge in [-0.05, 0) is 10.4 Å². The zero-order valence-electron chi connectivity index (χ0n) is 10.2. The molecule has 2 aromatic carbocycles. The van der Waals surface area contributed by atoms with Gasteiger partial charge in [0.15, 0.2) is 0 Å². The quantitative estimate of drug-likeness (QED) is 0.576. The van der Waals surface area contributed by atoms with Crippen LogP contribution in [0.25, 0.3) is 0 Å². The van der Waals surface area contributed by atoms with Gasteiger partial charge in [0.1, 0.15) is 0 Å². The maximum absolute atomic E-state index is 10.2. The average molecular weight is 256 g/mol. The molecule has 2 rings (SSSR count). The Morgan fingerprint density at radius 1 is 0.688 bits per heavy atom. The predicted molar refractivity (Wildman–Crippen MR) is 63.5 cm³/mol. The largest absolute Gasteiger partial charge is 1.00 e. The molecule has 0 aliphatic carbocycles. The molecule has 0 radical (unpaired) electrons. The van der Waals surface area contributed by atoms with Crippen molar-refractivity contribution in [1.29, 1.82) is 0 Å². The molecular formula is C12H13KO2Si. The van der Waals surface area contributed by atoms with Crippen molar-refractivity contribution in [2.75, 3.05) is 0 Å². The summed E-state index contributed by atoms with van der Waals surface area (Å²) in [6, 6.07) is 18.0. The molecule has 0 heterocycles. The topological polar surface area (TPSA) is 40.5 Å². The van der Waals surface area contributed by atoms with E-state index in [2.05, 4.69) is 0 Å². The molecular weight excluding hydrogens is 243 g/mol. The molecule has 0 aromatic heterocycles. The van der Waals surface area contributed by atoms with E-state index in [0.29, 0.717) is 10.4 Å². The zero-order chi connectivity index (χ0) is 10.7. The number of hydrogen-bond donors (Lipinski definition) is 2. The van der Waals surface area contributed by atoms with Crippen molar-refractivity contribution in [2.45, 2.75) is 0 Å². The second-order valence-corrected chi connectivity index (χ2v) is 5.90. The normalized spacial score (nSPS) is 10.6. The molecule has 2 aromatic rings. The summed E-state index contributed by atoms with van der Waals surface area (Å²) in [6.45, 7) is 0. The predicted octanol–water partition coefficient (Wildman–Crippen LogP) is -2.66. The number of benzene rings is 2. The molecule has 0 saturated carbocycles. The van der Waals surface area contributed by atoms with Crippen LogP contribution < -0.4 is 61.8 Å². The van der Waals surface area contributed by atoms with Crippen molar-refractivity contribution in [3.63, 3.8) is 0 Å². The van der Waals surface area contributed by atoms with E-state index < -0.39 is 8.56 Å². The van der Waals surface area contributed by atoms with Crippen molar-refractivity contribution < 1.29 is 62.4 Å². The van der Waals surface area contributed by atoms with Gasteiger partial charge in [0, 0.05) is 0 Å². The third kappa shape index (κ3) is 3.12. The Balaban J connectivity index is 0.00000128. The third-order valence-electron chi connectivity index (χ3n) is 2.35. The minimum atomic E-state index is -3.46. The van der Waals surface area contributed by atoms with Crippen molar-refractivity contribution in [3.05, 3.63) is 60.7 Å². The first-order valence-corrected chi connectivity index (χ1v) is 6.66. The fraction of sp³-hybridized carbons (Fsp3) is 0. The summed E-state index contributed by atoms with van der Waals surface area (Å²) >= 11 is 0. The molecule has 2 nitrogen and oxygen atoms in total. The summed E-state index contributed by atoms with van der Waals surface area (Å²) < 4.78 is 0. The van der Waals surface area contributed by atoms with Crippen LogP contribution in [-0.2, 0) is 0 Å². The van der Waals surface area contributed by atoms with E-state index in [9.17, 15) is 9.59 Å². The zero-order valence-corrected chi connectivity index (χ0v) is 13.3. The summed E-state index contributed by atoms with van der Waals surface area (Å²) in [6.07, 6.45) is 0. The molecule has 2 N–H and O–H groups in total. The van der Waals surface area contributed by atoms with Crippen LogP contribution in [0.2, 0.25) is 0 Å². The van der Waals surface area contributed by atoms with E-state index in [4.69, 9.17) is 0 Å². The van der Waals surface area contributed by atoms with E-state index >= 15 is 0 Å². The van der Waals surface area contributed by atoms with Crippen LogP contribution in [0.3, 0.4) is 0 Å². The number of hydrogen-bond acceptors (Lipinski definition) is 2. The van der Waals surface area contributed by atoms with Gasteiger partial charge >= 0.3 is 59.9 Å². The molecule has 0 atom stereocenters. The van der Waals surface area contributed by atoms with Gasteiger partial charge in [-0.1, -0.05) is 60.7 Å². The third-order valence-corrected chi connectivity index (χ3v) is 4.63. The molecule has 0 spiro atoms. The van der Waals surface area contributed by atoms with E-state index in [1.165, 1.54) is 0 Å². The first-order valence-electron chi connectivity index (χ1n) is 4.77. The molecule has 4 heteroatoms. The van der Waals surface area contributed by atoms with Crippen LogP contribution in [0, 0.1) is 0 Å². The first-order chi connectivity index (χ1) is 7.21. The van der Waals surface area contributed by atoms with Crippen molar-refractivity contribution in [3.8, 4) is 0 Å². The Kier molecular flexibility index (Phi) is 5.56. The molecule has 0 saturated heterocycles. The molecule has 78 valence electrons.